The maximum Gasteiger partial charge on any atom is 0.323 e. The van der Waals surface area contributed by atoms with Gasteiger partial charge in [0.15, 0.2) is 0 Å². The SMILES string of the molecule is CCOC(=O)C(CCN(C)C(C)(C)CC)NC1CC1. The Morgan fingerprint density at radius 3 is 2.53 bits per heavy atom. The van der Waals surface area contributed by atoms with Gasteiger partial charge in [-0.3, -0.25) is 4.79 Å². The topological polar surface area (TPSA) is 41.6 Å². The first-order valence-corrected chi connectivity index (χ1v) is 7.54. The first-order chi connectivity index (χ1) is 8.90. The molecular weight excluding hydrogens is 240 g/mol. The molecule has 1 aliphatic carbocycles. The van der Waals surface area contributed by atoms with E-state index < -0.39 is 0 Å². The fourth-order valence-electron chi connectivity index (χ4n) is 1.94. The van der Waals surface area contributed by atoms with Crippen molar-refractivity contribution < 1.29 is 9.53 Å². The third kappa shape index (κ3) is 5.49. The molecule has 112 valence electrons. The number of nitrogens with one attached hydrogen (secondary N) is 1. The Morgan fingerprint density at radius 2 is 2.05 bits per heavy atom. The summed E-state index contributed by atoms with van der Waals surface area (Å²) in [4.78, 5) is 14.3. The Kier molecular flexibility index (Phi) is 6.27. The predicted octanol–water partition coefficient (Wildman–Crippen LogP) is 2.18. The summed E-state index contributed by atoms with van der Waals surface area (Å²) in [6.07, 6.45) is 4.29. The monoisotopic (exact) mass is 270 g/mol. The van der Waals surface area contributed by atoms with Crippen molar-refractivity contribution in [1.82, 2.24) is 10.2 Å². The van der Waals surface area contributed by atoms with Crippen molar-refractivity contribution in [1.29, 1.82) is 0 Å². The first-order valence-electron chi connectivity index (χ1n) is 7.54. The number of carbonyl (C=O) groups excluding carboxylic acids is 1. The van der Waals surface area contributed by atoms with E-state index in [1.54, 1.807) is 0 Å². The summed E-state index contributed by atoms with van der Waals surface area (Å²) < 4.78 is 5.16. The van der Waals surface area contributed by atoms with Crippen molar-refractivity contribution in [2.24, 2.45) is 0 Å². The Labute approximate surface area is 117 Å². The van der Waals surface area contributed by atoms with Gasteiger partial charge in [-0.15, -0.1) is 0 Å². The molecule has 1 atom stereocenters. The largest absolute Gasteiger partial charge is 0.465 e. The van der Waals surface area contributed by atoms with Gasteiger partial charge in [0.25, 0.3) is 0 Å². The molecule has 1 unspecified atom stereocenters. The summed E-state index contributed by atoms with van der Waals surface area (Å²) in [6, 6.07) is 0.376. The number of carbonyl (C=O) groups is 1. The Morgan fingerprint density at radius 1 is 1.42 bits per heavy atom. The van der Waals surface area contributed by atoms with E-state index in [0.29, 0.717) is 12.6 Å². The van der Waals surface area contributed by atoms with Crippen LogP contribution in [0.3, 0.4) is 0 Å². The van der Waals surface area contributed by atoms with Crippen LogP contribution in [-0.2, 0) is 9.53 Å². The van der Waals surface area contributed by atoms with Gasteiger partial charge >= 0.3 is 5.97 Å². The van der Waals surface area contributed by atoms with Gasteiger partial charge in [0, 0.05) is 18.1 Å². The van der Waals surface area contributed by atoms with Gasteiger partial charge in [-0.2, -0.15) is 0 Å². The van der Waals surface area contributed by atoms with Crippen molar-refractivity contribution in [3.63, 3.8) is 0 Å². The molecule has 1 saturated carbocycles. The molecule has 0 heterocycles. The van der Waals surface area contributed by atoms with Crippen molar-refractivity contribution in [3.8, 4) is 0 Å². The highest BCUT2D eigenvalue weighted by Crippen LogP contribution is 2.21. The number of ether oxygens (including phenoxy) is 1. The third-order valence-corrected chi connectivity index (χ3v) is 4.24. The van der Waals surface area contributed by atoms with E-state index in [2.05, 4.69) is 38.0 Å². The number of nitrogens with zero attached hydrogens (tertiary/aromatic N) is 1. The van der Waals surface area contributed by atoms with Crippen LogP contribution < -0.4 is 5.32 Å². The average Bonchev–Trinajstić information content (AvgIpc) is 3.18. The van der Waals surface area contributed by atoms with Crippen LogP contribution in [0.5, 0.6) is 0 Å². The van der Waals surface area contributed by atoms with Crippen molar-refractivity contribution >= 4 is 5.97 Å². The number of hydrogen-bond donors (Lipinski definition) is 1. The average molecular weight is 270 g/mol. The zero-order valence-corrected chi connectivity index (χ0v) is 13.2. The lowest BCUT2D eigenvalue weighted by Crippen LogP contribution is -2.46. The minimum atomic E-state index is -0.150. The fourth-order valence-corrected chi connectivity index (χ4v) is 1.94. The van der Waals surface area contributed by atoms with E-state index in [1.165, 1.54) is 12.8 Å². The molecule has 4 heteroatoms. The van der Waals surface area contributed by atoms with Gasteiger partial charge < -0.3 is 15.0 Å². The minimum Gasteiger partial charge on any atom is -0.465 e. The van der Waals surface area contributed by atoms with Crippen molar-refractivity contribution in [2.45, 2.75) is 71.0 Å². The van der Waals surface area contributed by atoms with Gasteiger partial charge in [-0.05, 0) is 53.5 Å². The summed E-state index contributed by atoms with van der Waals surface area (Å²) in [6.45, 7) is 9.89. The molecule has 0 radical (unpaired) electrons. The highest BCUT2D eigenvalue weighted by Gasteiger charge is 2.30. The maximum absolute atomic E-state index is 11.9. The van der Waals surface area contributed by atoms with Gasteiger partial charge in [0.05, 0.1) is 6.61 Å². The summed E-state index contributed by atoms with van der Waals surface area (Å²) in [5.41, 5.74) is 0.179. The molecule has 1 aliphatic rings. The molecule has 1 N–H and O–H groups in total. The molecule has 0 aliphatic heterocycles. The zero-order chi connectivity index (χ0) is 14.5. The molecule has 0 saturated heterocycles. The second kappa shape index (κ2) is 7.25. The number of rotatable bonds is 9. The first kappa shape index (κ1) is 16.4. The molecule has 19 heavy (non-hydrogen) atoms. The molecule has 1 rings (SSSR count). The summed E-state index contributed by atoms with van der Waals surface area (Å²) in [7, 11) is 2.13. The number of hydrogen-bond acceptors (Lipinski definition) is 4. The van der Waals surface area contributed by atoms with Gasteiger partial charge in [0.1, 0.15) is 6.04 Å². The van der Waals surface area contributed by atoms with Gasteiger partial charge in [-0.25, -0.2) is 0 Å². The molecule has 0 aromatic carbocycles. The Bertz CT molecular complexity index is 288. The molecule has 4 nitrogen and oxygen atoms in total. The van der Waals surface area contributed by atoms with Crippen LogP contribution in [0, 0.1) is 0 Å². The van der Waals surface area contributed by atoms with Crippen LogP contribution in [0.2, 0.25) is 0 Å². The third-order valence-electron chi connectivity index (χ3n) is 4.24. The molecule has 0 amide bonds. The van der Waals surface area contributed by atoms with Crippen LogP contribution in [0.1, 0.15) is 53.4 Å². The second-order valence-corrected chi connectivity index (χ2v) is 6.12. The van der Waals surface area contributed by atoms with Gasteiger partial charge in [-0.1, -0.05) is 6.92 Å². The second-order valence-electron chi connectivity index (χ2n) is 6.12. The molecular formula is C15H30N2O2. The van der Waals surface area contributed by atoms with E-state index >= 15 is 0 Å². The standard InChI is InChI=1S/C15H30N2O2/c1-6-15(3,4)17(5)11-10-13(14(18)19-7-2)16-12-8-9-12/h12-13,16H,6-11H2,1-5H3. The summed E-state index contributed by atoms with van der Waals surface area (Å²) in [5.74, 6) is -0.0999. The molecule has 0 spiro atoms. The quantitative estimate of drug-likeness (QED) is 0.652. The van der Waals surface area contributed by atoms with Crippen LogP contribution in [0.25, 0.3) is 0 Å². The summed E-state index contributed by atoms with van der Waals surface area (Å²) >= 11 is 0. The van der Waals surface area contributed by atoms with Gasteiger partial charge in [0.2, 0.25) is 0 Å². The van der Waals surface area contributed by atoms with Crippen LogP contribution >= 0.6 is 0 Å². The normalized spacial score (nSPS) is 17.6. The lowest BCUT2D eigenvalue weighted by molar-refractivity contribution is -0.146. The maximum atomic E-state index is 11.9. The molecule has 1 fully saturated rings. The highest BCUT2D eigenvalue weighted by atomic mass is 16.5. The highest BCUT2D eigenvalue weighted by molar-refractivity contribution is 5.75. The van der Waals surface area contributed by atoms with Crippen LogP contribution in [-0.4, -0.2) is 48.7 Å². The van der Waals surface area contributed by atoms with Crippen molar-refractivity contribution in [2.75, 3.05) is 20.2 Å². The molecule has 0 aromatic heterocycles. The zero-order valence-electron chi connectivity index (χ0n) is 13.2. The minimum absolute atomic E-state index is 0.0999. The summed E-state index contributed by atoms with van der Waals surface area (Å²) in [5, 5.41) is 3.40. The Hall–Kier alpha value is -0.610. The van der Waals surface area contributed by atoms with E-state index in [4.69, 9.17) is 4.74 Å². The predicted molar refractivity (Wildman–Crippen MR) is 78.2 cm³/mol. The smallest absolute Gasteiger partial charge is 0.323 e. The van der Waals surface area contributed by atoms with E-state index in [-0.39, 0.29) is 17.6 Å². The number of esters is 1. The van der Waals surface area contributed by atoms with Crippen molar-refractivity contribution in [3.05, 3.63) is 0 Å². The fraction of sp³-hybridized carbons (Fsp3) is 0.933. The van der Waals surface area contributed by atoms with E-state index in [0.717, 1.165) is 19.4 Å². The van der Waals surface area contributed by atoms with Crippen LogP contribution in [0.4, 0.5) is 0 Å². The molecule has 0 bridgehead atoms. The lowest BCUT2D eigenvalue weighted by Gasteiger charge is -2.35. The van der Waals surface area contributed by atoms with E-state index in [9.17, 15) is 4.79 Å². The lowest BCUT2D eigenvalue weighted by atomic mass is 9.99. The van der Waals surface area contributed by atoms with E-state index in [1.807, 2.05) is 6.92 Å². The Balaban J connectivity index is 2.45. The molecule has 0 aromatic rings. The van der Waals surface area contributed by atoms with Crippen LogP contribution in [0.15, 0.2) is 0 Å².